The van der Waals surface area contributed by atoms with Crippen molar-refractivity contribution >= 4 is 0 Å². The molecular formula is C39H81F9. The highest BCUT2D eigenvalue weighted by Gasteiger charge is 2.34. The van der Waals surface area contributed by atoms with E-state index in [4.69, 9.17) is 0 Å². The number of hydrogen-bond acceptors (Lipinski definition) is 0. The van der Waals surface area contributed by atoms with Gasteiger partial charge < -0.3 is 0 Å². The predicted molar refractivity (Wildman–Crippen MR) is 194 cm³/mol. The quantitative estimate of drug-likeness (QED) is 0.139. The molecule has 0 aromatic carbocycles. The zero-order valence-electron chi connectivity index (χ0n) is 34.2. The van der Waals surface area contributed by atoms with Gasteiger partial charge in [0.2, 0.25) is 0 Å². The van der Waals surface area contributed by atoms with Crippen LogP contribution in [0.25, 0.3) is 0 Å². The zero-order valence-corrected chi connectivity index (χ0v) is 34.2. The zero-order chi connectivity index (χ0) is 39.8. The van der Waals surface area contributed by atoms with Crippen LogP contribution in [0, 0.1) is 28.6 Å². The monoisotopic (exact) mass is 721 g/mol. The summed E-state index contributed by atoms with van der Waals surface area (Å²) >= 11 is 0. The Morgan fingerprint density at radius 2 is 0.812 bits per heavy atom. The molecule has 9 heteroatoms. The van der Waals surface area contributed by atoms with Crippen LogP contribution in [0.2, 0.25) is 0 Å². The number of alkyl halides is 9. The van der Waals surface area contributed by atoms with E-state index in [1.165, 1.54) is 32.6 Å². The van der Waals surface area contributed by atoms with Gasteiger partial charge in [-0.2, -0.15) is 39.5 Å². The fourth-order valence-corrected chi connectivity index (χ4v) is 2.70. The average Bonchev–Trinajstić information content (AvgIpc) is 2.92. The van der Waals surface area contributed by atoms with Crippen molar-refractivity contribution in [2.45, 2.75) is 226 Å². The molecule has 0 amide bonds. The van der Waals surface area contributed by atoms with Crippen LogP contribution in [0.4, 0.5) is 39.5 Å². The van der Waals surface area contributed by atoms with Gasteiger partial charge in [0.05, 0.1) is 5.92 Å². The molecule has 300 valence electrons. The van der Waals surface area contributed by atoms with Gasteiger partial charge in [-0.05, 0) is 35.5 Å². The normalized spacial score (nSPS) is 13.1. The molecule has 0 saturated carbocycles. The lowest BCUT2D eigenvalue weighted by Gasteiger charge is -2.14. The number of rotatable bonds is 12. The number of halogens is 9. The van der Waals surface area contributed by atoms with Crippen molar-refractivity contribution in [1.82, 2.24) is 0 Å². The summed E-state index contributed by atoms with van der Waals surface area (Å²) in [5.41, 5.74) is 1.08. The number of unbranched alkanes of at least 4 members (excludes halogenated alkanes) is 4. The third-order valence-electron chi connectivity index (χ3n) is 7.74. The van der Waals surface area contributed by atoms with Crippen LogP contribution in [0.3, 0.4) is 0 Å². The van der Waals surface area contributed by atoms with Crippen LogP contribution >= 0.6 is 0 Å². The van der Waals surface area contributed by atoms with Crippen molar-refractivity contribution in [3.05, 3.63) is 0 Å². The van der Waals surface area contributed by atoms with Crippen LogP contribution in [-0.4, -0.2) is 18.5 Å². The topological polar surface area (TPSA) is 0 Å². The van der Waals surface area contributed by atoms with Crippen molar-refractivity contribution < 1.29 is 39.5 Å². The summed E-state index contributed by atoms with van der Waals surface area (Å²) < 4.78 is 105. The first-order chi connectivity index (χ1) is 21.4. The van der Waals surface area contributed by atoms with Crippen LogP contribution in [0.15, 0.2) is 0 Å². The fraction of sp³-hybridized carbons (Fsp3) is 1.00. The molecule has 0 N–H and O–H groups in total. The lowest BCUT2D eigenvalue weighted by molar-refractivity contribution is -0.171. The van der Waals surface area contributed by atoms with Crippen molar-refractivity contribution in [1.29, 1.82) is 0 Å². The Morgan fingerprint density at radius 1 is 0.438 bits per heavy atom. The lowest BCUT2D eigenvalue weighted by Crippen LogP contribution is -2.19. The fourth-order valence-electron chi connectivity index (χ4n) is 2.70. The molecule has 0 bridgehead atoms. The van der Waals surface area contributed by atoms with Gasteiger partial charge in [-0.1, -0.05) is 181 Å². The van der Waals surface area contributed by atoms with Crippen LogP contribution in [0.5, 0.6) is 0 Å². The van der Waals surface area contributed by atoms with E-state index in [9.17, 15) is 39.5 Å². The average molecular weight is 721 g/mol. The summed E-state index contributed by atoms with van der Waals surface area (Å²) in [5.74, 6) is -0.414. The van der Waals surface area contributed by atoms with E-state index in [1.807, 2.05) is 20.8 Å². The van der Waals surface area contributed by atoms with Gasteiger partial charge in [0.15, 0.2) is 0 Å². The maximum Gasteiger partial charge on any atom is 0.391 e. The van der Waals surface area contributed by atoms with E-state index in [0.29, 0.717) is 30.1 Å². The Hall–Kier alpha value is -0.630. The SMILES string of the molecule is CCC(C)(C)C.CCC(C)(C)C.CCC(C)CC.CCCCCCC(F)(F)F.CCCC[C@H](C)C(F)(F)F.CCC[C@H](C)CC(F)(F)F. The number of hydrogen-bond donors (Lipinski definition) is 0. The molecule has 0 aliphatic carbocycles. The van der Waals surface area contributed by atoms with Gasteiger partial charge in [-0.3, -0.25) is 0 Å². The van der Waals surface area contributed by atoms with Gasteiger partial charge >= 0.3 is 18.5 Å². The molecule has 0 nitrogen and oxygen atoms in total. The summed E-state index contributed by atoms with van der Waals surface area (Å²) in [7, 11) is 0. The van der Waals surface area contributed by atoms with Crippen molar-refractivity contribution in [2.24, 2.45) is 28.6 Å². The largest absolute Gasteiger partial charge is 0.391 e. The van der Waals surface area contributed by atoms with Gasteiger partial charge in [-0.15, -0.1) is 0 Å². The maximum absolute atomic E-state index is 11.8. The van der Waals surface area contributed by atoms with Crippen molar-refractivity contribution in [3.8, 4) is 0 Å². The molecule has 0 aliphatic heterocycles. The molecule has 0 unspecified atom stereocenters. The Bertz CT molecular complexity index is 589. The molecule has 0 fully saturated rings. The molecule has 0 spiro atoms. The standard InChI is InChI=1S/3C7H13F3.3C6H14/c1-3-4-6(2)5-7(8,9)10;1-3-4-5-6(2)7(8,9)10;1-2-3-4-5-6-7(8,9)10;2*1-5-6(2,3)4;1-4-6(3)5-2/h2*6H,3-5H2,1-2H3;2-6H2,1H3;2*5H2,1-4H3;6H,4-5H2,1-3H3/t2*6-;;;;/m00..../s1. The molecule has 0 aliphatic rings. The molecule has 48 heavy (non-hydrogen) atoms. The summed E-state index contributed by atoms with van der Waals surface area (Å²) in [6.45, 7) is 33.2. The van der Waals surface area contributed by atoms with Crippen LogP contribution in [0.1, 0.15) is 207 Å². The van der Waals surface area contributed by atoms with Crippen LogP contribution < -0.4 is 0 Å². The Kier molecular flexibility index (Phi) is 41.5. The van der Waals surface area contributed by atoms with E-state index in [0.717, 1.165) is 31.6 Å². The molecule has 0 aromatic rings. The Morgan fingerprint density at radius 3 is 1.02 bits per heavy atom. The minimum atomic E-state index is -3.99. The minimum absolute atomic E-state index is 0.218. The second-order valence-electron chi connectivity index (χ2n) is 15.5. The molecule has 0 radical (unpaired) electrons. The molecule has 2 atom stereocenters. The van der Waals surface area contributed by atoms with Crippen molar-refractivity contribution in [2.75, 3.05) is 0 Å². The van der Waals surface area contributed by atoms with E-state index in [2.05, 4.69) is 76.2 Å². The van der Waals surface area contributed by atoms with Gasteiger partial charge in [0, 0.05) is 12.8 Å². The smallest absolute Gasteiger partial charge is 0.171 e. The molecular weight excluding hydrogens is 639 g/mol. The molecule has 0 saturated heterocycles. The highest BCUT2D eigenvalue weighted by molar-refractivity contribution is 4.61. The maximum atomic E-state index is 11.8. The lowest BCUT2D eigenvalue weighted by atomic mass is 9.94. The first kappa shape index (κ1) is 59.5. The van der Waals surface area contributed by atoms with Crippen LogP contribution in [-0.2, 0) is 0 Å². The van der Waals surface area contributed by atoms with E-state index >= 15 is 0 Å². The van der Waals surface area contributed by atoms with E-state index in [-0.39, 0.29) is 18.8 Å². The Balaban J connectivity index is -0.000000112. The van der Waals surface area contributed by atoms with E-state index < -0.39 is 37.3 Å². The second kappa shape index (κ2) is 33.5. The summed E-state index contributed by atoms with van der Waals surface area (Å²) in [5, 5.41) is 0. The summed E-state index contributed by atoms with van der Waals surface area (Å²) in [6.07, 6.45) is -1.82. The van der Waals surface area contributed by atoms with Gasteiger partial charge in [-0.25, -0.2) is 0 Å². The third-order valence-corrected chi connectivity index (χ3v) is 7.74. The van der Waals surface area contributed by atoms with Crippen molar-refractivity contribution in [3.63, 3.8) is 0 Å². The first-order valence-corrected chi connectivity index (χ1v) is 18.6. The molecule has 0 heterocycles. The highest BCUT2D eigenvalue weighted by Crippen LogP contribution is 2.29. The van der Waals surface area contributed by atoms with Gasteiger partial charge in [0.1, 0.15) is 0 Å². The molecule has 0 aromatic heterocycles. The first-order valence-electron chi connectivity index (χ1n) is 18.6. The van der Waals surface area contributed by atoms with E-state index in [1.54, 1.807) is 6.92 Å². The minimum Gasteiger partial charge on any atom is -0.171 e. The van der Waals surface area contributed by atoms with Gasteiger partial charge in [0.25, 0.3) is 0 Å². The summed E-state index contributed by atoms with van der Waals surface area (Å²) in [6, 6.07) is 0. The second-order valence-corrected chi connectivity index (χ2v) is 15.5. The Labute approximate surface area is 293 Å². The predicted octanol–water partition coefficient (Wildman–Crippen LogP) is 17.6. The molecule has 0 rings (SSSR count). The third kappa shape index (κ3) is 75.6. The highest BCUT2D eigenvalue weighted by atomic mass is 19.4. The summed E-state index contributed by atoms with van der Waals surface area (Å²) in [4.78, 5) is 0.